The smallest absolute Gasteiger partial charge is 0.238 e. The summed E-state index contributed by atoms with van der Waals surface area (Å²) in [5.74, 6) is 0.822. The molecular weight excluding hydrogens is 314 g/mol. The summed E-state index contributed by atoms with van der Waals surface area (Å²) in [6.45, 7) is 4.73. The maximum absolute atomic E-state index is 12.4. The highest BCUT2D eigenvalue weighted by Crippen LogP contribution is 2.24. The molecule has 0 aliphatic carbocycles. The number of hydrogen-bond donors (Lipinski definition) is 3. The average molecular weight is 339 g/mol. The van der Waals surface area contributed by atoms with E-state index in [1.165, 1.54) is 16.7 Å². The van der Waals surface area contributed by atoms with Crippen molar-refractivity contribution in [2.24, 2.45) is 0 Å². The second kappa shape index (κ2) is 7.68. The molecule has 1 heterocycles. The van der Waals surface area contributed by atoms with E-state index in [1.54, 1.807) is 7.11 Å². The van der Waals surface area contributed by atoms with E-state index in [0.29, 0.717) is 6.54 Å². The Kier molecular flexibility index (Phi) is 5.36. The number of carbonyl (C=O) groups excluding carboxylic acids is 1. The molecule has 0 aromatic heterocycles. The summed E-state index contributed by atoms with van der Waals surface area (Å²) >= 11 is 0. The average Bonchev–Trinajstić information content (AvgIpc) is 3.12. The van der Waals surface area contributed by atoms with Crippen molar-refractivity contribution >= 4 is 5.91 Å². The third-order valence-corrected chi connectivity index (χ3v) is 4.78. The van der Waals surface area contributed by atoms with Crippen molar-refractivity contribution in [3.05, 3.63) is 64.7 Å². The minimum atomic E-state index is -0.232. The first-order valence-electron chi connectivity index (χ1n) is 8.55. The Morgan fingerprint density at radius 3 is 2.56 bits per heavy atom. The molecule has 25 heavy (non-hydrogen) atoms. The summed E-state index contributed by atoms with van der Waals surface area (Å²) < 4.78 is 5.14. The second-order valence-corrected chi connectivity index (χ2v) is 6.54. The number of ether oxygens (including phenoxy) is 1. The molecule has 5 heteroatoms. The number of amides is 1. The second-order valence-electron chi connectivity index (χ2n) is 6.54. The normalized spacial score (nSPS) is 19.6. The van der Waals surface area contributed by atoms with E-state index >= 15 is 0 Å². The summed E-state index contributed by atoms with van der Waals surface area (Å²) in [5, 5.41) is 2.99. The molecule has 2 atom stereocenters. The Bertz CT molecular complexity index is 743. The van der Waals surface area contributed by atoms with Gasteiger partial charge in [0.15, 0.2) is 0 Å². The van der Waals surface area contributed by atoms with Gasteiger partial charge in [0.25, 0.3) is 0 Å². The maximum Gasteiger partial charge on any atom is 0.238 e. The lowest BCUT2D eigenvalue weighted by Gasteiger charge is -2.12. The van der Waals surface area contributed by atoms with Crippen LogP contribution in [0.15, 0.2) is 42.5 Å². The van der Waals surface area contributed by atoms with Crippen LogP contribution >= 0.6 is 0 Å². The van der Waals surface area contributed by atoms with Gasteiger partial charge in [-0.15, -0.1) is 0 Å². The fourth-order valence-corrected chi connectivity index (χ4v) is 2.98. The molecule has 0 bridgehead atoms. The van der Waals surface area contributed by atoms with Crippen LogP contribution in [0.25, 0.3) is 0 Å². The molecule has 0 saturated carbocycles. The van der Waals surface area contributed by atoms with Gasteiger partial charge in [-0.3, -0.25) is 4.79 Å². The summed E-state index contributed by atoms with van der Waals surface area (Å²) in [6, 6.07) is 14.1. The Labute approximate surface area is 148 Å². The zero-order valence-corrected chi connectivity index (χ0v) is 14.9. The van der Waals surface area contributed by atoms with E-state index in [2.05, 4.69) is 48.2 Å². The van der Waals surface area contributed by atoms with Crippen LogP contribution in [0.3, 0.4) is 0 Å². The van der Waals surface area contributed by atoms with Gasteiger partial charge >= 0.3 is 0 Å². The standard InChI is InChI=1S/C20H25N3O2/c1-13-4-7-16(10-14(13)2)18-11-19(23-22-18)20(24)21-12-15-5-8-17(25-3)9-6-15/h4-10,18-19,22-23H,11-12H2,1-3H3,(H,21,24). The van der Waals surface area contributed by atoms with Gasteiger partial charge in [-0.2, -0.15) is 0 Å². The van der Waals surface area contributed by atoms with E-state index in [9.17, 15) is 4.79 Å². The molecule has 5 nitrogen and oxygen atoms in total. The third kappa shape index (κ3) is 4.18. The molecule has 1 amide bonds. The van der Waals surface area contributed by atoms with Crippen molar-refractivity contribution in [3.8, 4) is 5.75 Å². The lowest BCUT2D eigenvalue weighted by atomic mass is 9.98. The zero-order chi connectivity index (χ0) is 17.8. The van der Waals surface area contributed by atoms with Gasteiger partial charge < -0.3 is 10.1 Å². The summed E-state index contributed by atoms with van der Waals surface area (Å²) in [6.07, 6.45) is 0.733. The van der Waals surface area contributed by atoms with Gasteiger partial charge in [0, 0.05) is 12.6 Å². The molecule has 132 valence electrons. The number of hydrogen-bond acceptors (Lipinski definition) is 4. The lowest BCUT2D eigenvalue weighted by molar-refractivity contribution is -0.123. The van der Waals surface area contributed by atoms with Crippen LogP contribution < -0.4 is 20.9 Å². The zero-order valence-electron chi connectivity index (χ0n) is 14.9. The highest BCUT2D eigenvalue weighted by atomic mass is 16.5. The molecule has 1 aliphatic rings. The molecule has 3 rings (SSSR count). The Hall–Kier alpha value is -2.37. The topological polar surface area (TPSA) is 62.4 Å². The SMILES string of the molecule is COc1ccc(CNC(=O)C2CC(c3ccc(C)c(C)c3)NN2)cc1. The largest absolute Gasteiger partial charge is 0.497 e. The highest BCUT2D eigenvalue weighted by Gasteiger charge is 2.30. The van der Waals surface area contributed by atoms with E-state index < -0.39 is 0 Å². The molecule has 1 fully saturated rings. The molecule has 2 aromatic carbocycles. The van der Waals surface area contributed by atoms with E-state index in [-0.39, 0.29) is 18.0 Å². The quantitative estimate of drug-likeness (QED) is 0.783. The highest BCUT2D eigenvalue weighted by molar-refractivity contribution is 5.82. The molecule has 2 unspecified atom stereocenters. The van der Waals surface area contributed by atoms with Crippen LogP contribution in [0, 0.1) is 13.8 Å². The van der Waals surface area contributed by atoms with E-state index in [1.807, 2.05) is 24.3 Å². The fourth-order valence-electron chi connectivity index (χ4n) is 2.98. The van der Waals surface area contributed by atoms with Crippen LogP contribution in [0.4, 0.5) is 0 Å². The Morgan fingerprint density at radius 2 is 1.88 bits per heavy atom. The molecule has 0 radical (unpaired) electrons. The van der Waals surface area contributed by atoms with Crippen molar-refractivity contribution in [2.45, 2.75) is 38.9 Å². The lowest BCUT2D eigenvalue weighted by Crippen LogP contribution is -2.42. The summed E-state index contributed by atoms with van der Waals surface area (Å²) in [5.41, 5.74) is 11.2. The van der Waals surface area contributed by atoms with Crippen molar-refractivity contribution in [2.75, 3.05) is 7.11 Å². The number of benzene rings is 2. The first-order chi connectivity index (χ1) is 12.1. The summed E-state index contributed by atoms with van der Waals surface area (Å²) in [7, 11) is 1.64. The molecule has 2 aromatic rings. The predicted octanol–water partition coefficient (Wildman–Crippen LogP) is 2.54. The molecule has 0 spiro atoms. The molecule has 3 N–H and O–H groups in total. The van der Waals surface area contributed by atoms with Gasteiger partial charge in [0.05, 0.1) is 7.11 Å². The predicted molar refractivity (Wildman–Crippen MR) is 98.2 cm³/mol. The van der Waals surface area contributed by atoms with Crippen molar-refractivity contribution in [1.29, 1.82) is 0 Å². The van der Waals surface area contributed by atoms with Gasteiger partial charge in [-0.05, 0) is 54.7 Å². The first-order valence-corrected chi connectivity index (χ1v) is 8.55. The first kappa shape index (κ1) is 17.5. The minimum absolute atomic E-state index is 0.00894. The number of hydrazine groups is 1. The molecule has 1 saturated heterocycles. The number of rotatable bonds is 5. The number of carbonyl (C=O) groups is 1. The number of methoxy groups -OCH3 is 1. The van der Waals surface area contributed by atoms with E-state index in [0.717, 1.165) is 17.7 Å². The minimum Gasteiger partial charge on any atom is -0.497 e. The summed E-state index contributed by atoms with van der Waals surface area (Å²) in [4.78, 5) is 12.4. The Balaban J connectivity index is 1.54. The van der Waals surface area contributed by atoms with Crippen LogP contribution in [0.1, 0.15) is 34.7 Å². The van der Waals surface area contributed by atoms with Crippen LogP contribution in [0.5, 0.6) is 5.75 Å². The number of nitrogens with one attached hydrogen (secondary N) is 3. The maximum atomic E-state index is 12.4. The van der Waals surface area contributed by atoms with Crippen LogP contribution in [-0.4, -0.2) is 19.1 Å². The van der Waals surface area contributed by atoms with Crippen molar-refractivity contribution < 1.29 is 9.53 Å². The van der Waals surface area contributed by atoms with Gasteiger partial charge in [-0.1, -0.05) is 30.3 Å². The van der Waals surface area contributed by atoms with Crippen molar-refractivity contribution in [3.63, 3.8) is 0 Å². The van der Waals surface area contributed by atoms with Gasteiger partial charge in [0.2, 0.25) is 5.91 Å². The molecule has 1 aliphatic heterocycles. The number of aryl methyl sites for hydroxylation is 2. The van der Waals surface area contributed by atoms with E-state index in [4.69, 9.17) is 4.74 Å². The monoisotopic (exact) mass is 339 g/mol. The van der Waals surface area contributed by atoms with Crippen LogP contribution in [-0.2, 0) is 11.3 Å². The fraction of sp³-hybridized carbons (Fsp3) is 0.350. The third-order valence-electron chi connectivity index (χ3n) is 4.78. The van der Waals surface area contributed by atoms with Crippen LogP contribution in [0.2, 0.25) is 0 Å². The van der Waals surface area contributed by atoms with Crippen molar-refractivity contribution in [1.82, 2.24) is 16.2 Å². The Morgan fingerprint density at radius 1 is 1.12 bits per heavy atom. The van der Waals surface area contributed by atoms with Gasteiger partial charge in [0.1, 0.15) is 11.8 Å². The van der Waals surface area contributed by atoms with Gasteiger partial charge in [-0.25, -0.2) is 10.9 Å². The molecular formula is C20H25N3O2.